The molecule has 33 heavy (non-hydrogen) atoms. The van der Waals surface area contributed by atoms with E-state index in [0.29, 0.717) is 23.0 Å². The smallest absolute Gasteiger partial charge is 0.343 e. The number of fused-ring (bicyclic) bond motifs is 1. The Balaban J connectivity index is 1.70. The summed E-state index contributed by atoms with van der Waals surface area (Å²) >= 11 is 0. The number of ether oxygens (including phenoxy) is 2. The molecule has 0 atom stereocenters. The maximum Gasteiger partial charge on any atom is 0.343 e. The SMILES string of the molecule is CCc1cc(S(=O)(=O)NCCc2ccc(OCC(=O)OC)cc2)c2ccc(C(C)C)ccc1-2. The Morgan fingerprint density at radius 1 is 1.00 bits per heavy atom. The fourth-order valence-corrected chi connectivity index (χ4v) is 4.95. The molecule has 176 valence electrons. The first-order chi connectivity index (χ1) is 15.7. The molecule has 0 aliphatic heterocycles. The van der Waals surface area contributed by atoms with Gasteiger partial charge in [-0.3, -0.25) is 0 Å². The molecule has 0 radical (unpaired) electrons. The van der Waals surface area contributed by atoms with E-state index in [1.807, 2.05) is 37.3 Å². The third-order valence-corrected chi connectivity index (χ3v) is 7.14. The third kappa shape index (κ3) is 6.12. The van der Waals surface area contributed by atoms with Gasteiger partial charge in [0.1, 0.15) is 5.75 Å². The highest BCUT2D eigenvalue weighted by molar-refractivity contribution is 7.89. The lowest BCUT2D eigenvalue weighted by atomic mass is 10.1. The monoisotopic (exact) mass is 469 g/mol. The number of sulfonamides is 1. The van der Waals surface area contributed by atoms with Crippen LogP contribution in [0.3, 0.4) is 0 Å². The molecule has 7 heteroatoms. The molecule has 0 heterocycles. The predicted molar refractivity (Wildman–Crippen MR) is 129 cm³/mol. The van der Waals surface area contributed by atoms with Gasteiger partial charge in [-0.25, -0.2) is 17.9 Å². The van der Waals surface area contributed by atoms with Crippen molar-refractivity contribution in [2.75, 3.05) is 20.3 Å². The minimum Gasteiger partial charge on any atom is -0.482 e. The Labute approximate surface area is 196 Å². The molecule has 3 rings (SSSR count). The van der Waals surface area contributed by atoms with Crippen molar-refractivity contribution in [1.82, 2.24) is 4.72 Å². The molecule has 0 saturated carbocycles. The van der Waals surface area contributed by atoms with Crippen molar-refractivity contribution < 1.29 is 22.7 Å². The van der Waals surface area contributed by atoms with Gasteiger partial charge < -0.3 is 9.47 Å². The van der Waals surface area contributed by atoms with Gasteiger partial charge in [0, 0.05) is 12.1 Å². The summed E-state index contributed by atoms with van der Waals surface area (Å²) in [6.45, 7) is 6.40. The van der Waals surface area contributed by atoms with E-state index in [4.69, 9.17) is 4.74 Å². The summed E-state index contributed by atoms with van der Waals surface area (Å²) in [5.41, 5.74) is 4.88. The summed E-state index contributed by atoms with van der Waals surface area (Å²) in [5, 5.41) is 0. The number of aryl methyl sites for hydroxylation is 1. The van der Waals surface area contributed by atoms with Crippen LogP contribution in [0, 0.1) is 0 Å². The molecule has 0 aromatic heterocycles. The van der Waals surface area contributed by atoms with Gasteiger partial charge in [0.05, 0.1) is 12.0 Å². The van der Waals surface area contributed by atoms with Crippen LogP contribution in [0.25, 0.3) is 11.1 Å². The maximum atomic E-state index is 13.1. The molecule has 0 bridgehead atoms. The Morgan fingerprint density at radius 2 is 1.67 bits per heavy atom. The highest BCUT2D eigenvalue weighted by Gasteiger charge is 2.24. The zero-order chi connectivity index (χ0) is 24.0. The summed E-state index contributed by atoms with van der Waals surface area (Å²) in [6, 6.07) is 17.0. The van der Waals surface area contributed by atoms with Crippen LogP contribution >= 0.6 is 0 Å². The van der Waals surface area contributed by atoms with Crippen LogP contribution in [-0.2, 0) is 32.4 Å². The second-order valence-corrected chi connectivity index (χ2v) is 9.93. The van der Waals surface area contributed by atoms with E-state index >= 15 is 0 Å². The van der Waals surface area contributed by atoms with Crippen LogP contribution in [0.1, 0.15) is 43.4 Å². The minimum atomic E-state index is -3.66. The van der Waals surface area contributed by atoms with Crippen LogP contribution in [0.5, 0.6) is 5.75 Å². The number of methoxy groups -OCH3 is 1. The van der Waals surface area contributed by atoms with Crippen LogP contribution < -0.4 is 9.46 Å². The van der Waals surface area contributed by atoms with E-state index in [2.05, 4.69) is 29.4 Å². The molecule has 1 N–H and O–H groups in total. The van der Waals surface area contributed by atoms with Crippen molar-refractivity contribution in [3.63, 3.8) is 0 Å². The fourth-order valence-electron chi connectivity index (χ4n) is 3.66. The summed E-state index contributed by atoms with van der Waals surface area (Å²) < 4.78 is 38.9. The average molecular weight is 470 g/mol. The van der Waals surface area contributed by atoms with Gasteiger partial charge >= 0.3 is 5.97 Å². The highest BCUT2D eigenvalue weighted by Crippen LogP contribution is 2.36. The quantitative estimate of drug-likeness (QED) is 0.441. The molecule has 0 spiro atoms. The van der Waals surface area contributed by atoms with E-state index in [9.17, 15) is 13.2 Å². The Hall–Kier alpha value is -2.90. The van der Waals surface area contributed by atoms with Crippen LogP contribution in [-0.4, -0.2) is 34.6 Å². The second-order valence-electron chi connectivity index (χ2n) is 8.19. The summed E-state index contributed by atoms with van der Waals surface area (Å²) in [5.74, 6) is 0.463. The van der Waals surface area contributed by atoms with E-state index in [-0.39, 0.29) is 13.2 Å². The first-order valence-electron chi connectivity index (χ1n) is 11.1. The maximum absolute atomic E-state index is 13.1. The van der Waals surface area contributed by atoms with Gasteiger partial charge in [-0.2, -0.15) is 0 Å². The molecule has 0 saturated heterocycles. The molecule has 2 aliphatic carbocycles. The molecular formula is C26H31NO5S. The van der Waals surface area contributed by atoms with Gasteiger partial charge in [-0.1, -0.05) is 57.2 Å². The number of rotatable bonds is 10. The van der Waals surface area contributed by atoms with Gasteiger partial charge in [-0.05, 0) is 59.2 Å². The molecule has 0 amide bonds. The van der Waals surface area contributed by atoms with Crippen LogP contribution in [0.15, 0.2) is 59.5 Å². The number of hydrogen-bond donors (Lipinski definition) is 1. The second kappa shape index (κ2) is 10.8. The third-order valence-electron chi connectivity index (χ3n) is 5.64. The summed E-state index contributed by atoms with van der Waals surface area (Å²) in [7, 11) is -2.36. The Kier molecular flexibility index (Phi) is 8.10. The van der Waals surface area contributed by atoms with E-state index < -0.39 is 16.0 Å². The number of carbonyl (C=O) groups excluding carboxylic acids is 1. The van der Waals surface area contributed by atoms with Gasteiger partial charge in [0.15, 0.2) is 6.61 Å². The number of hydrogen-bond acceptors (Lipinski definition) is 5. The first kappa shape index (κ1) is 24.7. The Morgan fingerprint density at radius 3 is 2.27 bits per heavy atom. The lowest BCUT2D eigenvalue weighted by Crippen LogP contribution is -2.26. The van der Waals surface area contributed by atoms with Crippen molar-refractivity contribution in [2.24, 2.45) is 0 Å². The zero-order valence-electron chi connectivity index (χ0n) is 19.6. The molecule has 2 aliphatic rings. The standard InChI is InChI=1S/C26H31NO5S/c1-5-20-16-25(24-13-9-21(18(2)3)8-12-23(20)24)33(29,30)27-15-14-19-6-10-22(11-7-19)32-17-26(28)31-4/h6-13,16,18,27H,5,14-15,17H2,1-4H3. The van der Waals surface area contributed by atoms with E-state index in [0.717, 1.165) is 28.7 Å². The van der Waals surface area contributed by atoms with Crippen molar-refractivity contribution in [3.8, 4) is 16.9 Å². The van der Waals surface area contributed by atoms with Gasteiger partial charge in [0.2, 0.25) is 10.0 Å². The summed E-state index contributed by atoms with van der Waals surface area (Å²) in [6.07, 6.45) is 1.29. The largest absolute Gasteiger partial charge is 0.482 e. The Bertz CT molecular complexity index is 1170. The lowest BCUT2D eigenvalue weighted by Gasteiger charge is -2.08. The van der Waals surface area contributed by atoms with Crippen LogP contribution in [0.2, 0.25) is 0 Å². The zero-order valence-corrected chi connectivity index (χ0v) is 20.4. The number of esters is 1. The average Bonchev–Trinajstić information content (AvgIpc) is 3.02. The lowest BCUT2D eigenvalue weighted by molar-refractivity contribution is -0.142. The molecular weight excluding hydrogens is 438 g/mol. The normalized spacial score (nSPS) is 11.7. The van der Waals surface area contributed by atoms with Gasteiger partial charge in [0.25, 0.3) is 0 Å². The fraction of sp³-hybridized carbons (Fsp3) is 0.346. The minimum absolute atomic E-state index is 0.153. The number of carbonyl (C=O) groups is 1. The first-order valence-corrected chi connectivity index (χ1v) is 12.6. The van der Waals surface area contributed by atoms with Crippen molar-refractivity contribution in [2.45, 2.75) is 44.4 Å². The summed E-state index contributed by atoms with van der Waals surface area (Å²) in [4.78, 5) is 11.5. The van der Waals surface area contributed by atoms with Crippen molar-refractivity contribution in [3.05, 3.63) is 71.3 Å². The highest BCUT2D eigenvalue weighted by atomic mass is 32.2. The van der Waals surface area contributed by atoms with Crippen molar-refractivity contribution >= 4 is 16.0 Å². The topological polar surface area (TPSA) is 81.7 Å². The van der Waals surface area contributed by atoms with E-state index in [1.165, 1.54) is 12.7 Å². The van der Waals surface area contributed by atoms with Crippen molar-refractivity contribution in [1.29, 1.82) is 0 Å². The van der Waals surface area contributed by atoms with Crippen LogP contribution in [0.4, 0.5) is 0 Å². The molecule has 0 unspecified atom stereocenters. The van der Waals surface area contributed by atoms with E-state index in [1.54, 1.807) is 18.2 Å². The molecule has 1 aromatic carbocycles. The number of nitrogens with one attached hydrogen (secondary N) is 1. The molecule has 1 aromatic rings. The van der Waals surface area contributed by atoms with Gasteiger partial charge in [-0.15, -0.1) is 0 Å². The molecule has 6 nitrogen and oxygen atoms in total. The predicted octanol–water partition coefficient (Wildman–Crippen LogP) is 4.55. The molecule has 0 fully saturated rings. The number of benzene rings is 1.